The molecule has 0 saturated heterocycles. The number of aliphatic imine (C=N–C) groups is 1. The van der Waals surface area contributed by atoms with E-state index in [4.69, 9.17) is 4.99 Å². The molecule has 0 aliphatic carbocycles. The number of anilines is 1. The van der Waals surface area contributed by atoms with Crippen LogP contribution in [-0.2, 0) is 5.41 Å². The van der Waals surface area contributed by atoms with Crippen molar-refractivity contribution in [2.75, 3.05) is 11.1 Å². The van der Waals surface area contributed by atoms with Crippen LogP contribution in [0.4, 0.5) is 5.69 Å². The lowest BCUT2D eigenvalue weighted by molar-refractivity contribution is 0.507. The van der Waals surface area contributed by atoms with Crippen molar-refractivity contribution in [1.29, 1.82) is 0 Å². The van der Waals surface area contributed by atoms with Gasteiger partial charge in [0.2, 0.25) is 0 Å². The third-order valence-corrected chi connectivity index (χ3v) is 4.23. The highest BCUT2D eigenvalue weighted by atomic mass is 32.2. The Balaban J connectivity index is 2.10. The summed E-state index contributed by atoms with van der Waals surface area (Å²) in [6.07, 6.45) is 1.14. The average molecular weight is 276 g/mol. The molecule has 2 rings (SSSR count). The van der Waals surface area contributed by atoms with Crippen molar-refractivity contribution in [3.63, 3.8) is 0 Å². The van der Waals surface area contributed by atoms with Gasteiger partial charge in [-0.15, -0.1) is 0 Å². The molecule has 0 saturated carbocycles. The molecule has 104 valence electrons. The Morgan fingerprint density at radius 2 is 1.79 bits per heavy atom. The normalized spacial score (nSPS) is 18.9. The number of benzene rings is 1. The van der Waals surface area contributed by atoms with Crippen LogP contribution >= 0.6 is 11.8 Å². The van der Waals surface area contributed by atoms with Crippen LogP contribution in [0.3, 0.4) is 0 Å². The SMILES string of the molecule is CC1(C)CCSC(Nc2ccc(C(C)(C)C)cc2)=N1. The molecule has 1 aliphatic heterocycles. The first-order chi connectivity index (χ1) is 8.76. The van der Waals surface area contributed by atoms with E-state index in [2.05, 4.69) is 64.2 Å². The van der Waals surface area contributed by atoms with Gasteiger partial charge in [0.05, 0.1) is 5.54 Å². The van der Waals surface area contributed by atoms with E-state index in [0.717, 1.165) is 23.0 Å². The molecule has 1 aliphatic rings. The van der Waals surface area contributed by atoms with Gasteiger partial charge in [-0.3, -0.25) is 4.99 Å². The second kappa shape index (κ2) is 5.20. The summed E-state index contributed by atoms with van der Waals surface area (Å²) in [5.41, 5.74) is 2.75. The van der Waals surface area contributed by atoms with E-state index in [0.29, 0.717) is 0 Å². The van der Waals surface area contributed by atoms with Gasteiger partial charge in [-0.25, -0.2) is 0 Å². The molecule has 1 heterocycles. The summed E-state index contributed by atoms with van der Waals surface area (Å²) in [4.78, 5) is 4.75. The van der Waals surface area contributed by atoms with Crippen LogP contribution < -0.4 is 5.32 Å². The summed E-state index contributed by atoms with van der Waals surface area (Å²) in [5, 5.41) is 4.47. The molecule has 0 fully saturated rings. The molecule has 2 nitrogen and oxygen atoms in total. The zero-order chi connectivity index (χ0) is 14.1. The van der Waals surface area contributed by atoms with Gasteiger partial charge in [-0.05, 0) is 43.4 Å². The van der Waals surface area contributed by atoms with Crippen molar-refractivity contribution in [3.8, 4) is 0 Å². The van der Waals surface area contributed by atoms with Crippen LogP contribution in [0.1, 0.15) is 46.6 Å². The molecular weight excluding hydrogens is 252 g/mol. The number of rotatable bonds is 1. The topological polar surface area (TPSA) is 24.4 Å². The summed E-state index contributed by atoms with van der Waals surface area (Å²) < 4.78 is 0. The van der Waals surface area contributed by atoms with E-state index >= 15 is 0 Å². The molecule has 3 heteroatoms. The maximum atomic E-state index is 4.75. The number of thioether (sulfide) groups is 1. The molecule has 1 aromatic rings. The number of hydrogen-bond acceptors (Lipinski definition) is 3. The first-order valence-electron chi connectivity index (χ1n) is 6.86. The molecule has 0 unspecified atom stereocenters. The number of nitrogens with one attached hydrogen (secondary N) is 1. The molecule has 0 spiro atoms. The molecule has 0 amide bonds. The lowest BCUT2D eigenvalue weighted by Gasteiger charge is -2.26. The van der Waals surface area contributed by atoms with E-state index in [1.54, 1.807) is 0 Å². The zero-order valence-electron chi connectivity index (χ0n) is 12.6. The van der Waals surface area contributed by atoms with Gasteiger partial charge in [0.15, 0.2) is 5.17 Å². The van der Waals surface area contributed by atoms with Crippen LogP contribution in [0, 0.1) is 0 Å². The van der Waals surface area contributed by atoms with Crippen molar-refractivity contribution >= 4 is 22.6 Å². The summed E-state index contributed by atoms with van der Waals surface area (Å²) in [5.74, 6) is 1.14. The van der Waals surface area contributed by atoms with Crippen LogP contribution in [-0.4, -0.2) is 16.5 Å². The Labute approximate surface area is 121 Å². The maximum absolute atomic E-state index is 4.75. The van der Waals surface area contributed by atoms with E-state index in [1.165, 1.54) is 5.56 Å². The second-order valence-electron chi connectivity index (χ2n) is 6.78. The highest BCUT2D eigenvalue weighted by Gasteiger charge is 2.22. The molecule has 0 bridgehead atoms. The van der Waals surface area contributed by atoms with Gasteiger partial charge < -0.3 is 5.32 Å². The van der Waals surface area contributed by atoms with E-state index in [9.17, 15) is 0 Å². The first kappa shape index (κ1) is 14.4. The van der Waals surface area contributed by atoms with Crippen molar-refractivity contribution < 1.29 is 0 Å². The number of nitrogens with zero attached hydrogens (tertiary/aromatic N) is 1. The van der Waals surface area contributed by atoms with Crippen molar-refractivity contribution in [3.05, 3.63) is 29.8 Å². The fraction of sp³-hybridized carbons (Fsp3) is 0.562. The Morgan fingerprint density at radius 1 is 1.16 bits per heavy atom. The first-order valence-corrected chi connectivity index (χ1v) is 7.85. The predicted octanol–water partition coefficient (Wildman–Crippen LogP) is 4.67. The molecule has 19 heavy (non-hydrogen) atoms. The maximum Gasteiger partial charge on any atom is 0.161 e. The predicted molar refractivity (Wildman–Crippen MR) is 87.4 cm³/mol. The quantitative estimate of drug-likeness (QED) is 0.806. The van der Waals surface area contributed by atoms with E-state index in [1.807, 2.05) is 11.8 Å². The second-order valence-corrected chi connectivity index (χ2v) is 7.86. The zero-order valence-corrected chi connectivity index (χ0v) is 13.4. The lowest BCUT2D eigenvalue weighted by Crippen LogP contribution is -2.27. The monoisotopic (exact) mass is 276 g/mol. The Bertz CT molecular complexity index is 467. The van der Waals surface area contributed by atoms with Crippen LogP contribution in [0.5, 0.6) is 0 Å². The third kappa shape index (κ3) is 4.00. The summed E-state index contributed by atoms with van der Waals surface area (Å²) in [7, 11) is 0. The van der Waals surface area contributed by atoms with Crippen molar-refractivity contribution in [2.24, 2.45) is 4.99 Å². The van der Waals surface area contributed by atoms with Gasteiger partial charge in [0.1, 0.15) is 0 Å². The Morgan fingerprint density at radius 3 is 2.32 bits per heavy atom. The van der Waals surface area contributed by atoms with E-state index < -0.39 is 0 Å². The fourth-order valence-electron chi connectivity index (χ4n) is 2.00. The molecule has 1 aromatic carbocycles. The fourth-order valence-corrected chi connectivity index (χ4v) is 3.30. The third-order valence-electron chi connectivity index (χ3n) is 3.36. The van der Waals surface area contributed by atoms with Crippen LogP contribution in [0.2, 0.25) is 0 Å². The molecule has 0 aromatic heterocycles. The molecule has 0 atom stereocenters. The highest BCUT2D eigenvalue weighted by Crippen LogP contribution is 2.28. The largest absolute Gasteiger partial charge is 0.335 e. The summed E-state index contributed by atoms with van der Waals surface area (Å²) >= 11 is 1.81. The standard InChI is InChI=1S/C16H24N2S/c1-15(2,3)12-6-8-13(9-7-12)17-14-18-16(4,5)10-11-19-14/h6-9H,10-11H2,1-5H3,(H,17,18). The van der Waals surface area contributed by atoms with Crippen LogP contribution in [0.15, 0.2) is 29.3 Å². The van der Waals surface area contributed by atoms with Gasteiger partial charge in [-0.2, -0.15) is 0 Å². The molecular formula is C16H24N2S. The average Bonchev–Trinajstić information content (AvgIpc) is 2.27. The van der Waals surface area contributed by atoms with Gasteiger partial charge in [-0.1, -0.05) is 44.7 Å². The van der Waals surface area contributed by atoms with Gasteiger partial charge >= 0.3 is 0 Å². The Kier molecular flexibility index (Phi) is 3.95. The summed E-state index contributed by atoms with van der Waals surface area (Å²) in [6, 6.07) is 8.68. The summed E-state index contributed by atoms with van der Waals surface area (Å²) in [6.45, 7) is 11.1. The smallest absolute Gasteiger partial charge is 0.161 e. The Hall–Kier alpha value is -0.960. The van der Waals surface area contributed by atoms with Gasteiger partial charge in [0.25, 0.3) is 0 Å². The molecule has 1 N–H and O–H groups in total. The van der Waals surface area contributed by atoms with Gasteiger partial charge in [0, 0.05) is 11.4 Å². The number of amidine groups is 1. The minimum atomic E-state index is 0.0684. The molecule has 0 radical (unpaired) electrons. The lowest BCUT2D eigenvalue weighted by atomic mass is 9.87. The number of hydrogen-bond donors (Lipinski definition) is 1. The minimum absolute atomic E-state index is 0.0684. The minimum Gasteiger partial charge on any atom is -0.335 e. The van der Waals surface area contributed by atoms with Crippen molar-refractivity contribution in [1.82, 2.24) is 0 Å². The van der Waals surface area contributed by atoms with E-state index in [-0.39, 0.29) is 11.0 Å². The van der Waals surface area contributed by atoms with Crippen molar-refractivity contribution in [2.45, 2.75) is 52.0 Å². The highest BCUT2D eigenvalue weighted by molar-refractivity contribution is 8.14. The van der Waals surface area contributed by atoms with Crippen LogP contribution in [0.25, 0.3) is 0 Å².